The van der Waals surface area contributed by atoms with Gasteiger partial charge in [-0.15, -0.1) is 0 Å². The van der Waals surface area contributed by atoms with Crippen LogP contribution >= 0.6 is 0 Å². The lowest BCUT2D eigenvalue weighted by Gasteiger charge is -2.18. The summed E-state index contributed by atoms with van der Waals surface area (Å²) < 4.78 is 5.64. The Morgan fingerprint density at radius 2 is 1.96 bits per heavy atom. The highest BCUT2D eigenvalue weighted by molar-refractivity contribution is 5.99. The van der Waals surface area contributed by atoms with Crippen molar-refractivity contribution >= 4 is 11.8 Å². The molecule has 0 aromatic carbocycles. The number of aliphatic hydroxyl groups is 1. The summed E-state index contributed by atoms with van der Waals surface area (Å²) in [7, 11) is 0. The minimum Gasteiger partial charge on any atom is -0.481 e. The van der Waals surface area contributed by atoms with Gasteiger partial charge in [-0.2, -0.15) is 0 Å². The van der Waals surface area contributed by atoms with E-state index in [4.69, 9.17) is 9.84 Å². The maximum atomic E-state index is 11.8. The molecule has 5 heteroatoms. The van der Waals surface area contributed by atoms with Gasteiger partial charge in [0.1, 0.15) is 5.76 Å². The fourth-order valence-corrected chi connectivity index (χ4v) is 2.55. The average molecular weight is 350 g/mol. The minimum absolute atomic E-state index is 0.0534. The van der Waals surface area contributed by atoms with E-state index in [1.54, 1.807) is 13.8 Å². The van der Waals surface area contributed by atoms with Gasteiger partial charge in [-0.3, -0.25) is 9.59 Å². The van der Waals surface area contributed by atoms with Gasteiger partial charge in [0.15, 0.2) is 5.60 Å². The Morgan fingerprint density at radius 3 is 2.48 bits per heavy atom. The number of carbonyl (C=O) groups excluding carboxylic acids is 1. The molecule has 2 N–H and O–H groups in total. The Kier molecular flexibility index (Phi) is 7.61. The van der Waals surface area contributed by atoms with Gasteiger partial charge in [0.05, 0.1) is 6.10 Å². The molecule has 1 aliphatic rings. The molecule has 0 saturated carbocycles. The molecule has 1 aliphatic heterocycles. The van der Waals surface area contributed by atoms with Gasteiger partial charge < -0.3 is 14.9 Å². The Morgan fingerprint density at radius 1 is 1.32 bits per heavy atom. The predicted octanol–water partition coefficient (Wildman–Crippen LogP) is 3.78. The second kappa shape index (κ2) is 8.99. The number of allylic oxidation sites excluding steroid dienone is 2. The first-order chi connectivity index (χ1) is 11.5. The van der Waals surface area contributed by atoms with Crippen molar-refractivity contribution in [3.8, 4) is 0 Å². The molecule has 0 aliphatic carbocycles. The van der Waals surface area contributed by atoms with Crippen LogP contribution in [-0.2, 0) is 14.3 Å². The van der Waals surface area contributed by atoms with Crippen LogP contribution in [0.2, 0.25) is 0 Å². The first kappa shape index (κ1) is 21.2. The zero-order valence-corrected chi connectivity index (χ0v) is 15.8. The SMILES string of the molecule is C/C(=C\C[C@H](O)/C(C)=C/CCC(C)CC(=O)O)C1=CC(=O)C(C)(C)O1. The fourth-order valence-electron chi connectivity index (χ4n) is 2.55. The minimum atomic E-state index is -0.814. The smallest absolute Gasteiger partial charge is 0.303 e. The van der Waals surface area contributed by atoms with E-state index in [1.165, 1.54) is 6.08 Å². The number of carbonyl (C=O) groups is 2. The van der Waals surface area contributed by atoms with Gasteiger partial charge in [0.2, 0.25) is 5.78 Å². The molecule has 0 fully saturated rings. The molecule has 2 atom stereocenters. The molecule has 0 aromatic heterocycles. The van der Waals surface area contributed by atoms with Crippen LogP contribution in [0.25, 0.3) is 0 Å². The van der Waals surface area contributed by atoms with Gasteiger partial charge in [0.25, 0.3) is 0 Å². The van der Waals surface area contributed by atoms with Crippen molar-refractivity contribution in [3.63, 3.8) is 0 Å². The Balaban J connectivity index is 2.51. The average Bonchev–Trinajstić information content (AvgIpc) is 2.77. The molecular weight excluding hydrogens is 320 g/mol. The van der Waals surface area contributed by atoms with E-state index in [0.717, 1.165) is 24.0 Å². The number of carboxylic acids is 1. The zero-order chi connectivity index (χ0) is 19.2. The summed E-state index contributed by atoms with van der Waals surface area (Å²) in [6, 6.07) is 0. The van der Waals surface area contributed by atoms with Crippen LogP contribution in [0.4, 0.5) is 0 Å². The summed E-state index contributed by atoms with van der Waals surface area (Å²) in [6.45, 7) is 9.11. The van der Waals surface area contributed by atoms with Crippen molar-refractivity contribution in [1.82, 2.24) is 0 Å². The van der Waals surface area contributed by atoms with Crippen LogP contribution in [0.3, 0.4) is 0 Å². The van der Waals surface area contributed by atoms with Crippen LogP contribution in [0.5, 0.6) is 0 Å². The third-order valence-electron chi connectivity index (χ3n) is 4.43. The lowest BCUT2D eigenvalue weighted by Crippen LogP contribution is -2.27. The number of ether oxygens (including phenoxy) is 1. The van der Waals surface area contributed by atoms with Crippen molar-refractivity contribution < 1.29 is 24.5 Å². The lowest BCUT2D eigenvalue weighted by atomic mass is 9.99. The molecule has 5 nitrogen and oxygen atoms in total. The van der Waals surface area contributed by atoms with Gasteiger partial charge in [0, 0.05) is 12.5 Å². The Hall–Kier alpha value is -1.88. The van der Waals surface area contributed by atoms with Crippen molar-refractivity contribution in [1.29, 1.82) is 0 Å². The van der Waals surface area contributed by atoms with E-state index in [9.17, 15) is 14.7 Å². The maximum Gasteiger partial charge on any atom is 0.303 e. The first-order valence-electron chi connectivity index (χ1n) is 8.71. The van der Waals surface area contributed by atoms with Crippen LogP contribution in [0.1, 0.15) is 60.3 Å². The third kappa shape index (κ3) is 6.86. The molecule has 1 heterocycles. The van der Waals surface area contributed by atoms with E-state index >= 15 is 0 Å². The Labute approximate surface area is 150 Å². The second-order valence-electron chi connectivity index (χ2n) is 7.35. The summed E-state index contributed by atoms with van der Waals surface area (Å²) in [5.74, 6) is -0.152. The molecule has 0 aromatic rings. The van der Waals surface area contributed by atoms with E-state index < -0.39 is 17.7 Å². The van der Waals surface area contributed by atoms with Crippen molar-refractivity contribution in [2.24, 2.45) is 5.92 Å². The predicted molar refractivity (Wildman–Crippen MR) is 97.0 cm³/mol. The molecule has 0 amide bonds. The quantitative estimate of drug-likeness (QED) is 0.618. The molecule has 0 radical (unpaired) electrons. The molecule has 25 heavy (non-hydrogen) atoms. The molecule has 1 unspecified atom stereocenters. The summed E-state index contributed by atoms with van der Waals surface area (Å²) in [4.78, 5) is 22.4. The number of rotatable bonds is 9. The van der Waals surface area contributed by atoms with E-state index in [0.29, 0.717) is 12.2 Å². The van der Waals surface area contributed by atoms with Crippen LogP contribution < -0.4 is 0 Å². The topological polar surface area (TPSA) is 83.8 Å². The van der Waals surface area contributed by atoms with Crippen molar-refractivity contribution in [2.75, 3.05) is 0 Å². The molecule has 0 spiro atoms. The highest BCUT2D eigenvalue weighted by Crippen LogP contribution is 2.29. The van der Waals surface area contributed by atoms with Crippen LogP contribution in [0.15, 0.2) is 35.1 Å². The highest BCUT2D eigenvalue weighted by atomic mass is 16.5. The first-order valence-corrected chi connectivity index (χ1v) is 8.71. The fraction of sp³-hybridized carbons (Fsp3) is 0.600. The maximum absolute atomic E-state index is 11.8. The summed E-state index contributed by atoms with van der Waals surface area (Å²) >= 11 is 0. The van der Waals surface area contributed by atoms with Gasteiger partial charge in [-0.25, -0.2) is 0 Å². The van der Waals surface area contributed by atoms with Gasteiger partial charge in [-0.05, 0) is 64.0 Å². The summed E-state index contributed by atoms with van der Waals surface area (Å²) in [5, 5.41) is 19.0. The molecule has 140 valence electrons. The monoisotopic (exact) mass is 350 g/mol. The highest BCUT2D eigenvalue weighted by Gasteiger charge is 2.35. The largest absolute Gasteiger partial charge is 0.481 e. The van der Waals surface area contributed by atoms with E-state index in [-0.39, 0.29) is 18.1 Å². The number of aliphatic carboxylic acids is 1. The molecular formula is C20H30O5. The lowest BCUT2D eigenvalue weighted by molar-refractivity contribution is -0.138. The third-order valence-corrected chi connectivity index (χ3v) is 4.43. The number of aliphatic hydroxyl groups excluding tert-OH is 1. The standard InChI is InChI=1S/C20H30O5/c1-13(11-19(23)24)7-6-8-14(2)16(21)10-9-15(3)17-12-18(22)20(4,5)25-17/h8-9,12-13,16,21H,6-7,10-11H2,1-5H3,(H,23,24)/b14-8+,15-9+/t13?,16-/m0/s1. The molecule has 0 saturated heterocycles. The Bertz CT molecular complexity index is 595. The van der Waals surface area contributed by atoms with E-state index in [1.807, 2.05) is 32.9 Å². The zero-order valence-electron chi connectivity index (χ0n) is 15.8. The molecule has 0 bridgehead atoms. The van der Waals surface area contributed by atoms with Crippen LogP contribution in [0, 0.1) is 5.92 Å². The van der Waals surface area contributed by atoms with Gasteiger partial charge >= 0.3 is 5.97 Å². The normalized spacial score (nSPS) is 20.1. The summed E-state index contributed by atoms with van der Waals surface area (Å²) in [6.07, 6.45) is 6.87. The van der Waals surface area contributed by atoms with E-state index in [2.05, 4.69) is 0 Å². The number of hydrogen-bond donors (Lipinski definition) is 2. The number of carboxylic acid groups (broad SMARTS) is 1. The van der Waals surface area contributed by atoms with Crippen LogP contribution in [-0.4, -0.2) is 33.7 Å². The number of hydrogen-bond acceptors (Lipinski definition) is 4. The second-order valence-corrected chi connectivity index (χ2v) is 7.35. The molecule has 1 rings (SSSR count). The van der Waals surface area contributed by atoms with Crippen molar-refractivity contribution in [3.05, 3.63) is 35.1 Å². The van der Waals surface area contributed by atoms with Gasteiger partial charge in [-0.1, -0.05) is 19.1 Å². The summed E-state index contributed by atoms with van der Waals surface area (Å²) in [5.41, 5.74) is 0.885. The number of ketones is 1. The van der Waals surface area contributed by atoms with Crippen molar-refractivity contribution in [2.45, 2.75) is 72.0 Å².